The highest BCUT2D eigenvalue weighted by atomic mass is 19.1. The van der Waals surface area contributed by atoms with Gasteiger partial charge in [0.1, 0.15) is 17.5 Å². The fourth-order valence-corrected chi connectivity index (χ4v) is 4.29. The smallest absolute Gasteiger partial charge is 0.239 e. The fraction of sp³-hybridized carbons (Fsp3) is 0.364. The monoisotopic (exact) mass is 434 g/mol. The number of nitrogens with zero attached hydrogens (tertiary/aromatic N) is 7. The molecule has 2 aliphatic heterocycles. The molecule has 164 valence electrons. The molecule has 32 heavy (non-hydrogen) atoms. The van der Waals surface area contributed by atoms with Crippen LogP contribution in [0.5, 0.6) is 0 Å². The number of piperazine rings is 1. The van der Waals surface area contributed by atoms with E-state index < -0.39 is 0 Å². The first-order valence-corrected chi connectivity index (χ1v) is 10.6. The van der Waals surface area contributed by atoms with Gasteiger partial charge >= 0.3 is 0 Å². The van der Waals surface area contributed by atoms with Gasteiger partial charge in [0.2, 0.25) is 5.91 Å². The van der Waals surface area contributed by atoms with Gasteiger partial charge in [-0.2, -0.15) is 0 Å². The quantitative estimate of drug-likeness (QED) is 0.667. The summed E-state index contributed by atoms with van der Waals surface area (Å²) in [5.41, 5.74) is 1.90. The van der Waals surface area contributed by atoms with Crippen LogP contribution in [0.25, 0.3) is 11.6 Å². The topological polar surface area (TPSA) is 100 Å². The van der Waals surface area contributed by atoms with Gasteiger partial charge in [0, 0.05) is 61.8 Å². The predicted molar refractivity (Wildman–Crippen MR) is 117 cm³/mol. The van der Waals surface area contributed by atoms with E-state index in [4.69, 9.17) is 4.98 Å². The summed E-state index contributed by atoms with van der Waals surface area (Å²) in [4.78, 5) is 38.1. The highest BCUT2D eigenvalue weighted by Gasteiger charge is 2.29. The van der Waals surface area contributed by atoms with Crippen molar-refractivity contribution < 1.29 is 9.18 Å². The van der Waals surface area contributed by atoms with Crippen molar-refractivity contribution in [3.05, 3.63) is 53.9 Å². The molecule has 0 aliphatic carbocycles. The van der Waals surface area contributed by atoms with E-state index in [2.05, 4.69) is 25.3 Å². The Morgan fingerprint density at radius 2 is 1.84 bits per heavy atom. The largest absolute Gasteiger partial charge is 0.350 e. The molecule has 1 saturated heterocycles. The Balaban J connectivity index is 1.43. The molecule has 10 heteroatoms. The van der Waals surface area contributed by atoms with Gasteiger partial charge in [-0.3, -0.25) is 4.79 Å². The zero-order valence-electron chi connectivity index (χ0n) is 17.9. The second-order valence-corrected chi connectivity index (χ2v) is 8.14. The van der Waals surface area contributed by atoms with Crippen LogP contribution in [0.2, 0.25) is 0 Å². The molecule has 0 aromatic carbocycles. The van der Waals surface area contributed by atoms with Crippen molar-refractivity contribution in [1.29, 1.82) is 0 Å². The molecule has 5 rings (SSSR count). The molecule has 5 heterocycles. The van der Waals surface area contributed by atoms with Crippen LogP contribution in [0.15, 0.2) is 36.8 Å². The number of carbonyl (C=O) groups is 1. The second-order valence-electron chi connectivity index (χ2n) is 8.14. The van der Waals surface area contributed by atoms with E-state index in [1.807, 2.05) is 23.6 Å². The Morgan fingerprint density at radius 1 is 1.06 bits per heavy atom. The summed E-state index contributed by atoms with van der Waals surface area (Å²) in [5.74, 6) is 1.51. The van der Waals surface area contributed by atoms with Gasteiger partial charge in [0.25, 0.3) is 0 Å². The SMILES string of the molecule is CC1CN(c2cc(F)cc(N3CCc4nc(-c5ncccn5)ncc4C3C)n2)CC(=O)N1. The standard InChI is InChI=1S/C22H23FN8O/c1-13-11-30(12-20(32)27-13)18-8-15(23)9-19(29-18)31-7-4-17-16(14(31)2)10-26-22(28-17)21-24-5-3-6-25-21/h3,5-6,8-10,13-14H,4,7,11-12H2,1-2H3,(H,27,32). The summed E-state index contributed by atoms with van der Waals surface area (Å²) in [5, 5.41) is 2.87. The molecular weight excluding hydrogens is 411 g/mol. The predicted octanol–water partition coefficient (Wildman–Crippen LogP) is 1.92. The molecule has 1 N–H and O–H groups in total. The van der Waals surface area contributed by atoms with Crippen molar-refractivity contribution in [1.82, 2.24) is 30.2 Å². The first-order valence-electron chi connectivity index (χ1n) is 10.6. The Bertz CT molecular complexity index is 1160. The van der Waals surface area contributed by atoms with Gasteiger partial charge in [0.05, 0.1) is 18.3 Å². The highest BCUT2D eigenvalue weighted by molar-refractivity contribution is 5.82. The summed E-state index contributed by atoms with van der Waals surface area (Å²) < 4.78 is 14.6. The van der Waals surface area contributed by atoms with Crippen molar-refractivity contribution in [2.24, 2.45) is 0 Å². The minimum Gasteiger partial charge on any atom is -0.350 e. The Labute approximate surface area is 184 Å². The van der Waals surface area contributed by atoms with E-state index in [0.717, 1.165) is 11.3 Å². The Morgan fingerprint density at radius 3 is 2.62 bits per heavy atom. The van der Waals surface area contributed by atoms with Gasteiger partial charge in [0.15, 0.2) is 11.6 Å². The Kier molecular flexibility index (Phi) is 5.12. The maximum atomic E-state index is 14.6. The number of amides is 1. The number of aromatic nitrogens is 5. The molecule has 3 aromatic heterocycles. The number of fused-ring (bicyclic) bond motifs is 1. The van der Waals surface area contributed by atoms with Gasteiger partial charge in [-0.1, -0.05) is 0 Å². The van der Waals surface area contributed by atoms with E-state index in [9.17, 15) is 9.18 Å². The van der Waals surface area contributed by atoms with Gasteiger partial charge in [-0.15, -0.1) is 0 Å². The average molecular weight is 434 g/mol. The number of carbonyl (C=O) groups excluding carboxylic acids is 1. The third-order valence-electron chi connectivity index (χ3n) is 5.79. The van der Waals surface area contributed by atoms with Crippen LogP contribution in [0.4, 0.5) is 16.0 Å². The summed E-state index contributed by atoms with van der Waals surface area (Å²) >= 11 is 0. The highest BCUT2D eigenvalue weighted by Crippen LogP contribution is 2.33. The number of hydrogen-bond donors (Lipinski definition) is 1. The van der Waals surface area contributed by atoms with Crippen LogP contribution in [-0.2, 0) is 11.2 Å². The van der Waals surface area contributed by atoms with Crippen molar-refractivity contribution >= 4 is 17.5 Å². The van der Waals surface area contributed by atoms with E-state index in [0.29, 0.717) is 42.8 Å². The Hall–Kier alpha value is -3.69. The third-order valence-corrected chi connectivity index (χ3v) is 5.79. The maximum Gasteiger partial charge on any atom is 0.239 e. The first-order chi connectivity index (χ1) is 15.5. The third kappa shape index (κ3) is 3.83. The number of halogens is 1. The summed E-state index contributed by atoms with van der Waals surface area (Å²) in [6, 6.07) is 4.46. The number of rotatable bonds is 3. The van der Waals surface area contributed by atoms with E-state index >= 15 is 0 Å². The van der Waals surface area contributed by atoms with Gasteiger partial charge in [-0.25, -0.2) is 29.3 Å². The molecule has 0 saturated carbocycles. The molecule has 1 amide bonds. The van der Waals surface area contributed by atoms with Crippen LogP contribution in [0.1, 0.15) is 31.1 Å². The minimum atomic E-state index is -0.380. The molecule has 2 atom stereocenters. The zero-order chi connectivity index (χ0) is 22.2. The van der Waals surface area contributed by atoms with Gasteiger partial charge < -0.3 is 15.1 Å². The van der Waals surface area contributed by atoms with E-state index in [-0.39, 0.29) is 30.4 Å². The first kappa shape index (κ1) is 20.2. The molecular formula is C22H23FN8O. The van der Waals surface area contributed by atoms with Crippen LogP contribution in [-0.4, -0.2) is 56.5 Å². The number of anilines is 2. The number of nitrogens with one attached hydrogen (secondary N) is 1. The fourth-order valence-electron chi connectivity index (χ4n) is 4.29. The van der Waals surface area contributed by atoms with Crippen molar-refractivity contribution in [2.75, 3.05) is 29.4 Å². The lowest BCUT2D eigenvalue weighted by Gasteiger charge is -2.37. The number of pyridine rings is 1. The second kappa shape index (κ2) is 8.10. The molecule has 2 aliphatic rings. The average Bonchev–Trinajstić information content (AvgIpc) is 2.78. The molecule has 0 radical (unpaired) electrons. The molecule has 0 spiro atoms. The normalized spacial score (nSPS) is 20.7. The van der Waals surface area contributed by atoms with Crippen molar-refractivity contribution in [2.45, 2.75) is 32.4 Å². The lowest BCUT2D eigenvalue weighted by molar-refractivity contribution is -0.121. The molecule has 3 aromatic rings. The molecule has 0 bridgehead atoms. The molecule has 9 nitrogen and oxygen atoms in total. The molecule has 2 unspecified atom stereocenters. The van der Waals surface area contributed by atoms with Crippen LogP contribution < -0.4 is 15.1 Å². The van der Waals surface area contributed by atoms with Crippen molar-refractivity contribution in [3.8, 4) is 11.6 Å². The van der Waals surface area contributed by atoms with E-state index in [1.54, 1.807) is 24.7 Å². The van der Waals surface area contributed by atoms with E-state index in [1.165, 1.54) is 12.1 Å². The van der Waals surface area contributed by atoms with Crippen LogP contribution in [0, 0.1) is 5.82 Å². The lowest BCUT2D eigenvalue weighted by atomic mass is 9.99. The molecule has 1 fully saturated rings. The summed E-state index contributed by atoms with van der Waals surface area (Å²) in [6.07, 6.45) is 5.78. The van der Waals surface area contributed by atoms with Crippen LogP contribution >= 0.6 is 0 Å². The van der Waals surface area contributed by atoms with Crippen molar-refractivity contribution in [3.63, 3.8) is 0 Å². The number of hydrogen-bond acceptors (Lipinski definition) is 8. The summed E-state index contributed by atoms with van der Waals surface area (Å²) in [6.45, 7) is 5.33. The summed E-state index contributed by atoms with van der Waals surface area (Å²) in [7, 11) is 0. The maximum absolute atomic E-state index is 14.6. The minimum absolute atomic E-state index is 0.0227. The lowest BCUT2D eigenvalue weighted by Crippen LogP contribution is -2.53. The van der Waals surface area contributed by atoms with Gasteiger partial charge in [-0.05, 0) is 19.9 Å². The van der Waals surface area contributed by atoms with Crippen LogP contribution in [0.3, 0.4) is 0 Å². The zero-order valence-corrected chi connectivity index (χ0v) is 17.9.